The van der Waals surface area contributed by atoms with Gasteiger partial charge in [0, 0.05) is 11.6 Å². The Morgan fingerprint density at radius 2 is 1.81 bits per heavy atom. The Labute approximate surface area is 162 Å². The largest absolute Gasteiger partial charge is 0.479 e. The van der Waals surface area contributed by atoms with Crippen LogP contribution in [-0.4, -0.2) is 28.5 Å². The minimum absolute atomic E-state index is 0.0449. The van der Waals surface area contributed by atoms with Crippen molar-refractivity contribution in [3.63, 3.8) is 0 Å². The van der Waals surface area contributed by atoms with E-state index in [-0.39, 0.29) is 36.4 Å². The zero-order chi connectivity index (χ0) is 20.4. The SMILES string of the molecule is CC.Cc1cccc(OCC(=O)CN(P)[C@H](C)c2ccccc2)c1[N+](=O)[O-]. The van der Waals surface area contributed by atoms with Gasteiger partial charge in [0.05, 0.1) is 11.5 Å². The van der Waals surface area contributed by atoms with Crippen LogP contribution in [0.15, 0.2) is 48.5 Å². The fraction of sp³-hybridized carbons (Fsp3) is 0.350. The predicted molar refractivity (Wildman–Crippen MR) is 111 cm³/mol. The molecule has 2 aromatic carbocycles. The second kappa shape index (κ2) is 11.4. The Hall–Kier alpha value is -2.30. The van der Waals surface area contributed by atoms with Crippen LogP contribution >= 0.6 is 9.39 Å². The third kappa shape index (κ3) is 6.74. The number of hydrogen-bond donors (Lipinski definition) is 0. The van der Waals surface area contributed by atoms with Gasteiger partial charge in [0.2, 0.25) is 0 Å². The number of rotatable bonds is 8. The number of carbonyl (C=O) groups is 1. The van der Waals surface area contributed by atoms with Gasteiger partial charge in [-0.2, -0.15) is 0 Å². The summed E-state index contributed by atoms with van der Waals surface area (Å²) in [5, 5.41) is 11.1. The first-order valence-electron chi connectivity index (χ1n) is 8.85. The normalized spacial score (nSPS) is 11.3. The van der Waals surface area contributed by atoms with Crippen LogP contribution in [0.3, 0.4) is 0 Å². The molecule has 0 radical (unpaired) electrons. The quantitative estimate of drug-likeness (QED) is 0.370. The molecule has 1 unspecified atom stereocenters. The number of nitrogens with zero attached hydrogens (tertiary/aromatic N) is 2. The lowest BCUT2D eigenvalue weighted by Gasteiger charge is -2.24. The minimum atomic E-state index is -0.491. The molecule has 27 heavy (non-hydrogen) atoms. The highest BCUT2D eigenvalue weighted by molar-refractivity contribution is 7.13. The molecule has 0 bridgehead atoms. The summed E-state index contributed by atoms with van der Waals surface area (Å²) in [7, 11) is 2.55. The van der Waals surface area contributed by atoms with Crippen LogP contribution in [-0.2, 0) is 4.79 Å². The van der Waals surface area contributed by atoms with E-state index in [4.69, 9.17) is 4.74 Å². The maximum Gasteiger partial charge on any atom is 0.313 e. The molecule has 0 heterocycles. The zero-order valence-electron chi connectivity index (χ0n) is 16.2. The van der Waals surface area contributed by atoms with Gasteiger partial charge in [0.1, 0.15) is 6.61 Å². The van der Waals surface area contributed by atoms with Gasteiger partial charge in [0.25, 0.3) is 0 Å². The summed E-state index contributed by atoms with van der Waals surface area (Å²) in [6, 6.07) is 14.7. The topological polar surface area (TPSA) is 72.7 Å². The second-order valence-corrected chi connectivity index (χ2v) is 6.43. The molecular weight excluding hydrogens is 363 g/mol. The van der Waals surface area contributed by atoms with E-state index in [0.29, 0.717) is 5.56 Å². The summed E-state index contributed by atoms with van der Waals surface area (Å²) in [5.41, 5.74) is 1.50. The Morgan fingerprint density at radius 3 is 2.41 bits per heavy atom. The summed E-state index contributed by atoms with van der Waals surface area (Å²) in [6.45, 7) is 7.59. The van der Waals surface area contributed by atoms with E-state index in [1.54, 1.807) is 19.1 Å². The number of hydrogen-bond acceptors (Lipinski definition) is 5. The Balaban J connectivity index is 0.00000176. The highest BCUT2D eigenvalue weighted by Crippen LogP contribution is 2.30. The highest BCUT2D eigenvalue weighted by Gasteiger charge is 2.20. The third-order valence-corrected chi connectivity index (χ3v) is 4.54. The summed E-state index contributed by atoms with van der Waals surface area (Å²) in [4.78, 5) is 22.8. The lowest BCUT2D eigenvalue weighted by atomic mass is 10.1. The average Bonchev–Trinajstić information content (AvgIpc) is 2.67. The smallest absolute Gasteiger partial charge is 0.313 e. The molecule has 0 aliphatic rings. The molecule has 0 saturated heterocycles. The molecule has 0 spiro atoms. The lowest BCUT2D eigenvalue weighted by Crippen LogP contribution is -2.27. The van der Waals surface area contributed by atoms with Crippen LogP contribution in [0.2, 0.25) is 0 Å². The Morgan fingerprint density at radius 1 is 1.19 bits per heavy atom. The summed E-state index contributed by atoms with van der Waals surface area (Å²) in [5.74, 6) is -0.0432. The fourth-order valence-corrected chi connectivity index (χ4v) is 2.83. The minimum Gasteiger partial charge on any atom is -0.479 e. The number of benzene rings is 2. The third-order valence-electron chi connectivity index (χ3n) is 3.91. The van der Waals surface area contributed by atoms with Gasteiger partial charge in [-0.15, -0.1) is 0 Å². The van der Waals surface area contributed by atoms with Crippen LogP contribution in [0.4, 0.5) is 5.69 Å². The fourth-order valence-electron chi connectivity index (χ4n) is 2.45. The van der Waals surface area contributed by atoms with Crippen molar-refractivity contribution in [1.82, 2.24) is 4.67 Å². The number of carbonyl (C=O) groups excluding carboxylic acids is 1. The van der Waals surface area contributed by atoms with Crippen molar-refractivity contribution in [2.75, 3.05) is 13.2 Å². The first kappa shape index (κ1) is 22.7. The summed E-state index contributed by atoms with van der Waals surface area (Å²) >= 11 is 0. The number of nitro groups is 1. The molecule has 6 nitrogen and oxygen atoms in total. The van der Waals surface area contributed by atoms with Crippen molar-refractivity contribution in [1.29, 1.82) is 0 Å². The van der Waals surface area contributed by atoms with Crippen molar-refractivity contribution in [3.05, 3.63) is 69.8 Å². The van der Waals surface area contributed by atoms with E-state index in [1.165, 1.54) is 6.07 Å². The van der Waals surface area contributed by atoms with Gasteiger partial charge < -0.3 is 4.74 Å². The molecule has 0 saturated carbocycles. The van der Waals surface area contributed by atoms with E-state index < -0.39 is 4.92 Å². The van der Waals surface area contributed by atoms with E-state index in [0.717, 1.165) is 5.56 Å². The molecule has 0 aliphatic heterocycles. The van der Waals surface area contributed by atoms with Gasteiger partial charge in [0.15, 0.2) is 11.5 Å². The van der Waals surface area contributed by atoms with E-state index in [1.807, 2.05) is 55.8 Å². The van der Waals surface area contributed by atoms with Crippen LogP contribution in [0.25, 0.3) is 0 Å². The van der Waals surface area contributed by atoms with Crippen molar-refractivity contribution in [2.24, 2.45) is 0 Å². The Bertz CT molecular complexity index is 753. The monoisotopic (exact) mass is 390 g/mol. The highest BCUT2D eigenvalue weighted by atomic mass is 31.0. The van der Waals surface area contributed by atoms with Crippen molar-refractivity contribution in [2.45, 2.75) is 33.7 Å². The second-order valence-electron chi connectivity index (χ2n) is 5.77. The number of Topliss-reactive ketones (excluding diaryl/α,β-unsaturated/α-hetero) is 1. The molecule has 146 valence electrons. The standard InChI is InChI=1S/C18H21N2O4P.C2H6/c1-13-7-6-10-17(18(13)20(22)23)24-12-16(21)11-19(25)14(2)15-8-4-3-5-9-15;1-2/h3-10,14H,11-12,25H2,1-2H3;1-2H3/t14-;/m1./s1. The Kier molecular flexibility index (Phi) is 9.62. The van der Waals surface area contributed by atoms with Crippen molar-refractivity contribution >= 4 is 20.9 Å². The molecule has 2 atom stereocenters. The van der Waals surface area contributed by atoms with Gasteiger partial charge in [-0.25, -0.2) is 0 Å². The zero-order valence-corrected chi connectivity index (χ0v) is 17.4. The van der Waals surface area contributed by atoms with Gasteiger partial charge in [-0.3, -0.25) is 19.6 Å². The van der Waals surface area contributed by atoms with Gasteiger partial charge >= 0.3 is 5.69 Å². The summed E-state index contributed by atoms with van der Waals surface area (Å²) in [6.07, 6.45) is 0. The van der Waals surface area contributed by atoms with Crippen LogP contribution < -0.4 is 4.74 Å². The molecule has 7 heteroatoms. The van der Waals surface area contributed by atoms with E-state index >= 15 is 0 Å². The molecule has 0 aromatic heterocycles. The van der Waals surface area contributed by atoms with Gasteiger partial charge in [-0.1, -0.05) is 65.7 Å². The molecule has 0 aliphatic carbocycles. The van der Waals surface area contributed by atoms with Gasteiger partial charge in [-0.05, 0) is 25.5 Å². The van der Waals surface area contributed by atoms with E-state index in [9.17, 15) is 14.9 Å². The molecule has 0 fully saturated rings. The molecule has 0 N–H and O–H groups in total. The predicted octanol–water partition coefficient (Wildman–Crippen LogP) is 4.73. The molecule has 2 aromatic rings. The van der Waals surface area contributed by atoms with E-state index in [2.05, 4.69) is 9.39 Å². The maximum absolute atomic E-state index is 12.2. The lowest BCUT2D eigenvalue weighted by molar-refractivity contribution is -0.386. The number of ketones is 1. The number of nitro benzene ring substituents is 1. The first-order chi connectivity index (χ1) is 12.9. The van der Waals surface area contributed by atoms with Crippen molar-refractivity contribution < 1.29 is 14.5 Å². The van der Waals surface area contributed by atoms with Crippen LogP contribution in [0.5, 0.6) is 5.75 Å². The van der Waals surface area contributed by atoms with Crippen LogP contribution in [0, 0.1) is 17.0 Å². The molecule has 2 rings (SSSR count). The molecule has 0 amide bonds. The average molecular weight is 390 g/mol. The number of ether oxygens (including phenoxy) is 1. The summed E-state index contributed by atoms with van der Waals surface area (Å²) < 4.78 is 7.24. The maximum atomic E-state index is 12.2. The number of aryl methyl sites for hydroxylation is 1. The number of para-hydroxylation sites is 1. The van der Waals surface area contributed by atoms with Crippen molar-refractivity contribution in [3.8, 4) is 5.75 Å². The first-order valence-corrected chi connectivity index (χ1v) is 9.36. The van der Waals surface area contributed by atoms with Crippen LogP contribution in [0.1, 0.15) is 37.9 Å². The molecular formula is C20H27N2O4P.